The Hall–Kier alpha value is -0.640. The maximum Gasteiger partial charge on any atom is 0.315 e. The van der Waals surface area contributed by atoms with Crippen molar-refractivity contribution in [2.24, 2.45) is 5.92 Å². The van der Waals surface area contributed by atoms with Crippen molar-refractivity contribution in [3.63, 3.8) is 0 Å². The normalized spacial score (nSPS) is 15.3. The highest BCUT2D eigenvalue weighted by Crippen LogP contribution is 2.19. The lowest BCUT2D eigenvalue weighted by molar-refractivity contribution is -0.581. The van der Waals surface area contributed by atoms with Crippen molar-refractivity contribution in [2.75, 3.05) is 0 Å². The lowest BCUT2D eigenvalue weighted by atomic mass is 9.96. The largest absolute Gasteiger partial charge is 0.333 e. The molecule has 2 atom stereocenters. The molecule has 0 rings (SSSR count). The number of hydrogen-bond donors (Lipinski definition) is 1. The maximum absolute atomic E-state index is 10.3. The number of aliphatic hydroxyl groups is 1. The molecule has 4 nitrogen and oxygen atoms in total. The Labute approximate surface area is 79.1 Å². The van der Waals surface area contributed by atoms with Crippen molar-refractivity contribution in [1.82, 2.24) is 0 Å². The van der Waals surface area contributed by atoms with Gasteiger partial charge in [0.25, 0.3) is 0 Å². The van der Waals surface area contributed by atoms with Gasteiger partial charge < -0.3 is 5.11 Å². The van der Waals surface area contributed by atoms with Gasteiger partial charge >= 0.3 is 6.23 Å². The number of rotatable bonds is 7. The van der Waals surface area contributed by atoms with Crippen LogP contribution in [0, 0.1) is 16.0 Å². The molecule has 0 radical (unpaired) electrons. The van der Waals surface area contributed by atoms with E-state index in [4.69, 9.17) is 0 Å². The first kappa shape index (κ1) is 12.4. The molecule has 0 aliphatic rings. The van der Waals surface area contributed by atoms with Crippen LogP contribution in [0.1, 0.15) is 46.0 Å². The van der Waals surface area contributed by atoms with E-state index in [1.807, 2.05) is 13.8 Å². The van der Waals surface area contributed by atoms with Crippen molar-refractivity contribution in [2.45, 2.75) is 52.2 Å². The Kier molecular flexibility index (Phi) is 6.49. The quantitative estimate of drug-likeness (QED) is 0.379. The summed E-state index contributed by atoms with van der Waals surface area (Å²) in [5.41, 5.74) is 0. The van der Waals surface area contributed by atoms with E-state index in [-0.39, 0.29) is 5.92 Å². The van der Waals surface area contributed by atoms with E-state index in [1.54, 1.807) is 0 Å². The van der Waals surface area contributed by atoms with Crippen LogP contribution in [0.4, 0.5) is 0 Å². The topological polar surface area (TPSA) is 63.4 Å². The fraction of sp³-hybridized carbons (Fsp3) is 1.00. The summed E-state index contributed by atoms with van der Waals surface area (Å²) >= 11 is 0. The maximum atomic E-state index is 10.3. The van der Waals surface area contributed by atoms with Gasteiger partial charge in [-0.3, -0.25) is 10.1 Å². The van der Waals surface area contributed by atoms with Crippen molar-refractivity contribution in [1.29, 1.82) is 0 Å². The molecule has 0 bridgehead atoms. The lowest BCUT2D eigenvalue weighted by Gasteiger charge is -2.15. The molecule has 1 N–H and O–H groups in total. The molecule has 0 saturated heterocycles. The summed E-state index contributed by atoms with van der Waals surface area (Å²) in [6.45, 7) is 4.02. The Morgan fingerprint density at radius 1 is 1.31 bits per heavy atom. The predicted molar refractivity (Wildman–Crippen MR) is 50.9 cm³/mol. The number of unbranched alkanes of at least 4 members (excludes halogenated alkanes) is 1. The molecule has 0 aliphatic heterocycles. The monoisotopic (exact) mass is 189 g/mol. The first-order valence-electron chi connectivity index (χ1n) is 4.95. The number of aliphatic hydroxyl groups excluding tert-OH is 1. The zero-order valence-electron chi connectivity index (χ0n) is 8.40. The van der Waals surface area contributed by atoms with E-state index < -0.39 is 11.2 Å². The minimum Gasteiger partial charge on any atom is -0.333 e. The van der Waals surface area contributed by atoms with E-state index in [2.05, 4.69) is 0 Å². The third kappa shape index (κ3) is 4.83. The summed E-state index contributed by atoms with van der Waals surface area (Å²) < 4.78 is 0. The van der Waals surface area contributed by atoms with Gasteiger partial charge in [0.15, 0.2) is 0 Å². The molecule has 0 aromatic rings. The fourth-order valence-electron chi connectivity index (χ4n) is 1.45. The van der Waals surface area contributed by atoms with Crippen molar-refractivity contribution in [3.8, 4) is 0 Å². The molecule has 0 fully saturated rings. The predicted octanol–water partition coefficient (Wildman–Crippen LogP) is 2.19. The SMILES string of the molecule is CCCCC(CCC)C(O)[N+](=O)[O-]. The van der Waals surface area contributed by atoms with Gasteiger partial charge in [-0.1, -0.05) is 33.1 Å². The van der Waals surface area contributed by atoms with Gasteiger partial charge in [-0.25, -0.2) is 0 Å². The third-order valence-electron chi connectivity index (χ3n) is 2.23. The molecule has 0 aromatic heterocycles. The van der Waals surface area contributed by atoms with Crippen LogP contribution in [0.15, 0.2) is 0 Å². The molecule has 0 aliphatic carbocycles. The first-order chi connectivity index (χ1) is 6.13. The van der Waals surface area contributed by atoms with Gasteiger partial charge in [-0.05, 0) is 12.8 Å². The molecule has 2 unspecified atom stereocenters. The van der Waals surface area contributed by atoms with Crippen LogP contribution in [0.5, 0.6) is 0 Å². The highest BCUT2D eigenvalue weighted by atomic mass is 16.7. The van der Waals surface area contributed by atoms with E-state index in [0.29, 0.717) is 0 Å². The Bertz CT molecular complexity index is 150. The molecule has 0 saturated carbocycles. The molecule has 0 amide bonds. The third-order valence-corrected chi connectivity index (χ3v) is 2.23. The average molecular weight is 189 g/mol. The Balaban J connectivity index is 3.98. The van der Waals surface area contributed by atoms with Crippen molar-refractivity contribution < 1.29 is 10.0 Å². The molecule has 0 spiro atoms. The fourth-order valence-corrected chi connectivity index (χ4v) is 1.45. The summed E-state index contributed by atoms with van der Waals surface area (Å²) in [6, 6.07) is 0. The van der Waals surface area contributed by atoms with Crippen molar-refractivity contribution in [3.05, 3.63) is 10.1 Å². The highest BCUT2D eigenvalue weighted by molar-refractivity contribution is 4.60. The molecule has 13 heavy (non-hydrogen) atoms. The molecule has 78 valence electrons. The van der Waals surface area contributed by atoms with Crippen LogP contribution in [-0.2, 0) is 0 Å². The van der Waals surface area contributed by atoms with E-state index in [0.717, 1.165) is 32.1 Å². The minimum atomic E-state index is -1.37. The number of nitro groups is 1. The van der Waals surface area contributed by atoms with Crippen molar-refractivity contribution >= 4 is 0 Å². The van der Waals surface area contributed by atoms with Crippen LogP contribution < -0.4 is 0 Å². The Morgan fingerprint density at radius 3 is 2.31 bits per heavy atom. The summed E-state index contributed by atoms with van der Waals surface area (Å²) in [5.74, 6) is -0.167. The zero-order chi connectivity index (χ0) is 10.3. The highest BCUT2D eigenvalue weighted by Gasteiger charge is 2.26. The molecule has 4 heteroatoms. The minimum absolute atomic E-state index is 0.167. The van der Waals surface area contributed by atoms with Gasteiger partial charge in [0, 0.05) is 0 Å². The van der Waals surface area contributed by atoms with E-state index >= 15 is 0 Å². The van der Waals surface area contributed by atoms with Gasteiger partial charge in [0.05, 0.1) is 10.8 Å². The van der Waals surface area contributed by atoms with Gasteiger partial charge in [-0.15, -0.1) is 0 Å². The van der Waals surface area contributed by atoms with Gasteiger partial charge in [-0.2, -0.15) is 0 Å². The lowest BCUT2D eigenvalue weighted by Crippen LogP contribution is -2.28. The van der Waals surface area contributed by atoms with E-state index in [1.165, 1.54) is 0 Å². The van der Waals surface area contributed by atoms with E-state index in [9.17, 15) is 15.2 Å². The number of hydrogen-bond acceptors (Lipinski definition) is 3. The van der Waals surface area contributed by atoms with Crippen LogP contribution in [0.25, 0.3) is 0 Å². The first-order valence-corrected chi connectivity index (χ1v) is 4.95. The summed E-state index contributed by atoms with van der Waals surface area (Å²) in [7, 11) is 0. The standard InChI is InChI=1S/C9H19NO3/c1-3-5-7-8(6-4-2)9(11)10(12)13/h8-9,11H,3-7H2,1-2H3. The second kappa shape index (κ2) is 6.83. The number of nitrogens with zero attached hydrogens (tertiary/aromatic N) is 1. The van der Waals surface area contributed by atoms with Gasteiger partial charge in [0.1, 0.15) is 0 Å². The van der Waals surface area contributed by atoms with Crippen LogP contribution in [0.2, 0.25) is 0 Å². The molecule has 0 aromatic carbocycles. The Morgan fingerprint density at radius 2 is 1.92 bits per heavy atom. The summed E-state index contributed by atoms with van der Waals surface area (Å²) in [6.07, 6.45) is 2.99. The van der Waals surface area contributed by atoms with Gasteiger partial charge in [0.2, 0.25) is 0 Å². The average Bonchev–Trinajstić information content (AvgIpc) is 2.11. The van der Waals surface area contributed by atoms with Crippen LogP contribution in [-0.4, -0.2) is 16.3 Å². The second-order valence-electron chi connectivity index (χ2n) is 3.39. The molecular formula is C9H19NO3. The zero-order valence-corrected chi connectivity index (χ0v) is 8.40. The smallest absolute Gasteiger partial charge is 0.315 e. The molecular weight excluding hydrogens is 170 g/mol. The van der Waals surface area contributed by atoms with Crippen LogP contribution >= 0.6 is 0 Å². The van der Waals surface area contributed by atoms with Crippen LogP contribution in [0.3, 0.4) is 0 Å². The second-order valence-corrected chi connectivity index (χ2v) is 3.39. The summed E-state index contributed by atoms with van der Waals surface area (Å²) in [5, 5.41) is 19.6. The summed E-state index contributed by atoms with van der Waals surface area (Å²) in [4.78, 5) is 9.75. The molecule has 0 heterocycles.